The summed E-state index contributed by atoms with van der Waals surface area (Å²) in [5.41, 5.74) is 2.01. The van der Waals surface area contributed by atoms with Crippen molar-refractivity contribution in [2.45, 2.75) is 13.0 Å². The molecule has 1 unspecified atom stereocenters. The normalized spacial score (nSPS) is 15.7. The number of anilines is 1. The molecular formula is C23H15ClN2O3. The van der Waals surface area contributed by atoms with E-state index < -0.39 is 6.04 Å². The van der Waals surface area contributed by atoms with Crippen LogP contribution in [0.3, 0.4) is 0 Å². The summed E-state index contributed by atoms with van der Waals surface area (Å²) in [7, 11) is 0. The zero-order valence-corrected chi connectivity index (χ0v) is 16.2. The first-order chi connectivity index (χ1) is 14.0. The van der Waals surface area contributed by atoms with Gasteiger partial charge < -0.3 is 4.42 Å². The molecule has 0 aliphatic carbocycles. The molecule has 0 fully saturated rings. The van der Waals surface area contributed by atoms with Crippen molar-refractivity contribution in [3.63, 3.8) is 0 Å². The quantitative estimate of drug-likeness (QED) is 0.478. The van der Waals surface area contributed by atoms with E-state index in [2.05, 4.69) is 4.98 Å². The lowest BCUT2D eigenvalue weighted by Gasteiger charge is -2.24. The second-order valence-corrected chi connectivity index (χ2v) is 7.37. The van der Waals surface area contributed by atoms with Crippen molar-refractivity contribution >= 4 is 34.3 Å². The number of halogens is 1. The van der Waals surface area contributed by atoms with Crippen molar-refractivity contribution in [2.24, 2.45) is 0 Å². The van der Waals surface area contributed by atoms with Gasteiger partial charge in [0.05, 0.1) is 17.0 Å². The van der Waals surface area contributed by atoms with E-state index in [1.165, 1.54) is 4.90 Å². The standard InChI is InChI=1S/C23H15ClN2O3/c1-13-5-4-8-18(25-13)26-20(14-9-11-15(24)12-10-14)19-21(27)16-6-2-3-7-17(16)29-22(19)23(26)28/h2-12,20H,1H3. The highest BCUT2D eigenvalue weighted by Crippen LogP contribution is 2.40. The summed E-state index contributed by atoms with van der Waals surface area (Å²) >= 11 is 6.06. The van der Waals surface area contributed by atoms with Gasteiger partial charge in [-0.1, -0.05) is 41.9 Å². The molecule has 0 saturated heterocycles. The highest BCUT2D eigenvalue weighted by molar-refractivity contribution is 6.30. The molecule has 2 aromatic carbocycles. The van der Waals surface area contributed by atoms with Gasteiger partial charge in [-0.3, -0.25) is 14.5 Å². The first-order valence-electron chi connectivity index (χ1n) is 9.13. The lowest BCUT2D eigenvalue weighted by atomic mass is 9.98. The molecule has 5 rings (SSSR count). The Morgan fingerprint density at radius 3 is 2.48 bits per heavy atom. The van der Waals surface area contributed by atoms with E-state index in [4.69, 9.17) is 16.0 Å². The van der Waals surface area contributed by atoms with Gasteiger partial charge in [0, 0.05) is 10.7 Å². The van der Waals surface area contributed by atoms with Gasteiger partial charge >= 0.3 is 0 Å². The molecule has 0 bridgehead atoms. The van der Waals surface area contributed by atoms with Crippen LogP contribution in [0.4, 0.5) is 5.82 Å². The highest BCUT2D eigenvalue weighted by Gasteiger charge is 2.44. The second kappa shape index (κ2) is 6.57. The molecule has 1 amide bonds. The van der Waals surface area contributed by atoms with Crippen molar-refractivity contribution in [1.82, 2.24) is 4.98 Å². The van der Waals surface area contributed by atoms with Crippen LogP contribution in [0, 0.1) is 6.92 Å². The van der Waals surface area contributed by atoms with E-state index in [-0.39, 0.29) is 17.1 Å². The summed E-state index contributed by atoms with van der Waals surface area (Å²) in [4.78, 5) is 32.8. The summed E-state index contributed by atoms with van der Waals surface area (Å²) in [5, 5.41) is 1.01. The second-order valence-electron chi connectivity index (χ2n) is 6.94. The number of para-hydroxylation sites is 1. The minimum absolute atomic E-state index is 0.0527. The fourth-order valence-corrected chi connectivity index (χ4v) is 3.91. The summed E-state index contributed by atoms with van der Waals surface area (Å²) in [6, 6.07) is 18.8. The van der Waals surface area contributed by atoms with Gasteiger partial charge in [-0.15, -0.1) is 0 Å². The number of hydrogen-bond donors (Lipinski definition) is 0. The Kier molecular flexibility index (Phi) is 4.00. The maximum Gasteiger partial charge on any atom is 0.296 e. The first kappa shape index (κ1) is 17.6. The van der Waals surface area contributed by atoms with Crippen LogP contribution in [0.25, 0.3) is 11.0 Å². The molecule has 1 aliphatic heterocycles. The molecule has 1 atom stereocenters. The summed E-state index contributed by atoms with van der Waals surface area (Å²) in [5.74, 6) is 0.127. The van der Waals surface area contributed by atoms with Gasteiger partial charge in [0.15, 0.2) is 5.43 Å². The molecule has 1 aliphatic rings. The number of pyridine rings is 1. The van der Waals surface area contributed by atoms with Crippen LogP contribution in [0.2, 0.25) is 5.02 Å². The molecule has 142 valence electrons. The monoisotopic (exact) mass is 402 g/mol. The van der Waals surface area contributed by atoms with Crippen LogP contribution in [0.5, 0.6) is 0 Å². The first-order valence-corrected chi connectivity index (χ1v) is 9.51. The Bertz CT molecular complexity index is 1330. The Labute approximate surface area is 171 Å². The average molecular weight is 403 g/mol. The summed E-state index contributed by atoms with van der Waals surface area (Å²) < 4.78 is 5.91. The minimum atomic E-state index is -0.648. The van der Waals surface area contributed by atoms with E-state index in [1.54, 1.807) is 42.5 Å². The van der Waals surface area contributed by atoms with Crippen LogP contribution in [-0.2, 0) is 0 Å². The third kappa shape index (κ3) is 2.74. The summed E-state index contributed by atoms with van der Waals surface area (Å²) in [6.07, 6.45) is 0. The fraction of sp³-hybridized carbons (Fsp3) is 0.0870. The third-order valence-electron chi connectivity index (χ3n) is 5.08. The molecule has 0 saturated carbocycles. The number of benzene rings is 2. The Balaban J connectivity index is 1.82. The predicted molar refractivity (Wildman–Crippen MR) is 112 cm³/mol. The molecule has 0 radical (unpaired) electrons. The zero-order chi connectivity index (χ0) is 20.1. The Morgan fingerprint density at radius 2 is 1.72 bits per heavy atom. The van der Waals surface area contributed by atoms with Gasteiger partial charge in [-0.05, 0) is 48.9 Å². The third-order valence-corrected chi connectivity index (χ3v) is 5.34. The van der Waals surface area contributed by atoms with Crippen molar-refractivity contribution in [3.8, 4) is 0 Å². The van der Waals surface area contributed by atoms with Gasteiger partial charge in [-0.2, -0.15) is 0 Å². The molecule has 0 N–H and O–H groups in total. The highest BCUT2D eigenvalue weighted by atomic mass is 35.5. The van der Waals surface area contributed by atoms with E-state index in [0.717, 1.165) is 11.3 Å². The molecule has 0 spiro atoms. The van der Waals surface area contributed by atoms with Crippen molar-refractivity contribution in [1.29, 1.82) is 0 Å². The molecule has 6 heteroatoms. The van der Waals surface area contributed by atoms with Gasteiger partial charge in [0.1, 0.15) is 11.4 Å². The van der Waals surface area contributed by atoms with E-state index in [9.17, 15) is 9.59 Å². The maximum absolute atomic E-state index is 13.4. The number of nitrogens with zero attached hydrogens (tertiary/aromatic N) is 2. The van der Waals surface area contributed by atoms with Crippen molar-refractivity contribution in [3.05, 3.63) is 105 Å². The van der Waals surface area contributed by atoms with E-state index in [1.807, 2.05) is 31.2 Å². The number of carbonyl (C=O) groups excluding carboxylic acids is 1. The molecule has 2 aromatic heterocycles. The lowest BCUT2D eigenvalue weighted by Crippen LogP contribution is -2.30. The number of aryl methyl sites for hydroxylation is 1. The molecule has 5 nitrogen and oxygen atoms in total. The minimum Gasteiger partial charge on any atom is -0.450 e. The number of rotatable bonds is 2. The number of hydrogen-bond acceptors (Lipinski definition) is 4. The smallest absolute Gasteiger partial charge is 0.296 e. The van der Waals surface area contributed by atoms with Gasteiger partial charge in [0.2, 0.25) is 5.76 Å². The largest absolute Gasteiger partial charge is 0.450 e. The average Bonchev–Trinajstić information content (AvgIpc) is 3.02. The molecule has 3 heterocycles. The lowest BCUT2D eigenvalue weighted by molar-refractivity contribution is 0.0970. The zero-order valence-electron chi connectivity index (χ0n) is 15.4. The topological polar surface area (TPSA) is 63.4 Å². The van der Waals surface area contributed by atoms with Crippen LogP contribution in [0.15, 0.2) is 75.9 Å². The molecule has 4 aromatic rings. The maximum atomic E-state index is 13.4. The predicted octanol–water partition coefficient (Wildman–Crippen LogP) is 4.90. The van der Waals surface area contributed by atoms with Gasteiger partial charge in [0.25, 0.3) is 5.91 Å². The van der Waals surface area contributed by atoms with E-state index in [0.29, 0.717) is 27.4 Å². The Morgan fingerprint density at radius 1 is 0.966 bits per heavy atom. The molecular weight excluding hydrogens is 388 g/mol. The van der Waals surface area contributed by atoms with Crippen LogP contribution in [-0.4, -0.2) is 10.9 Å². The van der Waals surface area contributed by atoms with Gasteiger partial charge in [-0.25, -0.2) is 4.98 Å². The van der Waals surface area contributed by atoms with Crippen molar-refractivity contribution < 1.29 is 9.21 Å². The van der Waals surface area contributed by atoms with Crippen LogP contribution in [0.1, 0.15) is 33.4 Å². The number of carbonyl (C=O) groups is 1. The fourth-order valence-electron chi connectivity index (χ4n) is 3.78. The van der Waals surface area contributed by atoms with Crippen LogP contribution >= 0.6 is 11.6 Å². The number of fused-ring (bicyclic) bond motifs is 2. The summed E-state index contributed by atoms with van der Waals surface area (Å²) in [6.45, 7) is 1.85. The number of aromatic nitrogens is 1. The van der Waals surface area contributed by atoms with E-state index >= 15 is 0 Å². The van der Waals surface area contributed by atoms with Crippen LogP contribution < -0.4 is 10.3 Å². The Hall–Kier alpha value is -3.44. The molecule has 29 heavy (non-hydrogen) atoms. The van der Waals surface area contributed by atoms with Crippen molar-refractivity contribution in [2.75, 3.05) is 4.90 Å². The SMILES string of the molecule is Cc1cccc(N2C(=O)c3oc4ccccc4c(=O)c3C2c2ccc(Cl)cc2)n1. The number of amides is 1.